The van der Waals surface area contributed by atoms with Crippen molar-refractivity contribution in [2.75, 3.05) is 24.8 Å². The van der Waals surface area contributed by atoms with Gasteiger partial charge in [0.25, 0.3) is 0 Å². The number of nitrogen functional groups attached to an aromatic ring is 1. The highest BCUT2D eigenvalue weighted by Crippen LogP contribution is 2.22. The van der Waals surface area contributed by atoms with E-state index < -0.39 is 0 Å². The molecule has 0 spiro atoms. The smallest absolute Gasteiger partial charge is 0.161 e. The second kappa shape index (κ2) is 6.17. The third-order valence-corrected chi connectivity index (χ3v) is 3.35. The van der Waals surface area contributed by atoms with Gasteiger partial charge >= 0.3 is 0 Å². The Labute approximate surface area is 124 Å². The first kappa shape index (κ1) is 14.7. The van der Waals surface area contributed by atoms with Gasteiger partial charge in [-0.25, -0.2) is 0 Å². The fourth-order valence-electron chi connectivity index (χ4n) is 2.13. The van der Waals surface area contributed by atoms with E-state index in [0.29, 0.717) is 11.5 Å². The van der Waals surface area contributed by atoms with Gasteiger partial charge in [-0.3, -0.25) is 0 Å². The largest absolute Gasteiger partial charge is 0.497 e. The molecule has 5 nitrogen and oxygen atoms in total. The van der Waals surface area contributed by atoms with Gasteiger partial charge in [0.15, 0.2) is 5.84 Å². The maximum Gasteiger partial charge on any atom is 0.161 e. The summed E-state index contributed by atoms with van der Waals surface area (Å²) in [6.45, 7) is 2.00. The molecular formula is C16H20N4O. The van der Waals surface area contributed by atoms with Crippen molar-refractivity contribution in [1.29, 1.82) is 0 Å². The van der Waals surface area contributed by atoms with E-state index in [2.05, 4.69) is 5.10 Å². The first-order chi connectivity index (χ1) is 10.1. The van der Waals surface area contributed by atoms with Crippen molar-refractivity contribution in [1.82, 2.24) is 0 Å². The minimum absolute atomic E-state index is 0.612. The van der Waals surface area contributed by atoms with E-state index in [9.17, 15) is 0 Å². The van der Waals surface area contributed by atoms with E-state index in [-0.39, 0.29) is 0 Å². The zero-order valence-corrected chi connectivity index (χ0v) is 12.5. The molecule has 0 aliphatic carbocycles. The SMILES string of the molecule is COc1ccc(N(C)/C(=N/N)c2cc(C)ccc2N)cc1. The Hall–Kier alpha value is -2.69. The molecule has 0 aromatic heterocycles. The fraction of sp³-hybridized carbons (Fsp3) is 0.188. The lowest BCUT2D eigenvalue weighted by Gasteiger charge is -2.22. The molecule has 110 valence electrons. The quantitative estimate of drug-likeness (QED) is 0.298. The van der Waals surface area contributed by atoms with Crippen LogP contribution in [0.15, 0.2) is 47.6 Å². The zero-order valence-electron chi connectivity index (χ0n) is 12.5. The lowest BCUT2D eigenvalue weighted by atomic mass is 10.1. The number of benzene rings is 2. The van der Waals surface area contributed by atoms with Gasteiger partial charge in [0.2, 0.25) is 0 Å². The number of anilines is 2. The van der Waals surface area contributed by atoms with Crippen LogP contribution in [0.4, 0.5) is 11.4 Å². The minimum Gasteiger partial charge on any atom is -0.497 e. The molecule has 0 aliphatic rings. The Morgan fingerprint density at radius 2 is 1.81 bits per heavy atom. The van der Waals surface area contributed by atoms with Crippen molar-refractivity contribution in [3.05, 3.63) is 53.6 Å². The molecule has 0 unspecified atom stereocenters. The number of methoxy groups -OCH3 is 1. The van der Waals surface area contributed by atoms with Crippen molar-refractivity contribution in [2.24, 2.45) is 10.9 Å². The molecule has 0 saturated heterocycles. The Morgan fingerprint density at radius 1 is 1.14 bits per heavy atom. The molecule has 5 heteroatoms. The summed E-state index contributed by atoms with van der Waals surface area (Å²) in [4.78, 5) is 1.89. The second-order valence-corrected chi connectivity index (χ2v) is 4.80. The third-order valence-electron chi connectivity index (χ3n) is 3.35. The molecule has 0 radical (unpaired) electrons. The average molecular weight is 284 g/mol. The molecule has 2 aromatic carbocycles. The topological polar surface area (TPSA) is 76.9 Å². The molecule has 0 saturated carbocycles. The highest BCUT2D eigenvalue weighted by atomic mass is 16.5. The van der Waals surface area contributed by atoms with Crippen LogP contribution >= 0.6 is 0 Å². The number of hydrogen-bond donors (Lipinski definition) is 2. The van der Waals surface area contributed by atoms with E-state index in [4.69, 9.17) is 16.3 Å². The number of amidine groups is 1. The van der Waals surface area contributed by atoms with Crippen molar-refractivity contribution in [3.8, 4) is 5.75 Å². The Kier molecular flexibility index (Phi) is 4.33. The van der Waals surface area contributed by atoms with E-state index in [0.717, 1.165) is 22.6 Å². The first-order valence-corrected chi connectivity index (χ1v) is 6.59. The summed E-state index contributed by atoms with van der Waals surface area (Å²) in [6.07, 6.45) is 0. The molecule has 0 heterocycles. The molecule has 0 bridgehead atoms. The van der Waals surface area contributed by atoms with Gasteiger partial charge in [0, 0.05) is 24.0 Å². The van der Waals surface area contributed by atoms with Crippen LogP contribution in [0.3, 0.4) is 0 Å². The minimum atomic E-state index is 0.612. The van der Waals surface area contributed by atoms with Crippen molar-refractivity contribution >= 4 is 17.2 Å². The lowest BCUT2D eigenvalue weighted by Crippen LogP contribution is -2.29. The first-order valence-electron chi connectivity index (χ1n) is 6.59. The van der Waals surface area contributed by atoms with Gasteiger partial charge in [-0.15, -0.1) is 0 Å². The van der Waals surface area contributed by atoms with E-state index in [1.54, 1.807) is 7.11 Å². The van der Waals surface area contributed by atoms with Crippen LogP contribution in [-0.4, -0.2) is 20.0 Å². The molecule has 4 N–H and O–H groups in total. The maximum absolute atomic E-state index is 6.04. The third kappa shape index (κ3) is 3.08. The molecular weight excluding hydrogens is 264 g/mol. The van der Waals surface area contributed by atoms with Crippen LogP contribution in [0.2, 0.25) is 0 Å². The predicted molar refractivity (Wildman–Crippen MR) is 87.7 cm³/mol. The highest BCUT2D eigenvalue weighted by molar-refractivity contribution is 6.12. The molecule has 2 rings (SSSR count). The van der Waals surface area contributed by atoms with Crippen molar-refractivity contribution in [3.63, 3.8) is 0 Å². The predicted octanol–water partition coefficient (Wildman–Crippen LogP) is 2.34. The monoisotopic (exact) mass is 284 g/mol. The molecule has 0 amide bonds. The number of hydrazone groups is 1. The maximum atomic E-state index is 6.04. The summed E-state index contributed by atoms with van der Waals surface area (Å²) in [7, 11) is 3.54. The number of rotatable bonds is 3. The van der Waals surface area contributed by atoms with E-state index >= 15 is 0 Å². The summed E-state index contributed by atoms with van der Waals surface area (Å²) in [5.74, 6) is 7.00. The molecule has 0 atom stereocenters. The Balaban J connectivity index is 2.38. The number of hydrogen-bond acceptors (Lipinski definition) is 4. The standard InChI is InChI=1S/C16H20N4O/c1-11-4-9-15(17)14(10-11)16(19-18)20(2)12-5-7-13(21-3)8-6-12/h4-10H,17-18H2,1-3H3/b19-16+. The van der Waals surface area contributed by atoms with Crippen LogP contribution in [0.25, 0.3) is 0 Å². The zero-order chi connectivity index (χ0) is 15.4. The van der Waals surface area contributed by atoms with Crippen LogP contribution in [-0.2, 0) is 0 Å². The van der Waals surface area contributed by atoms with Gasteiger partial charge in [-0.1, -0.05) is 11.6 Å². The van der Waals surface area contributed by atoms with E-state index in [1.165, 1.54) is 0 Å². The number of nitrogens with two attached hydrogens (primary N) is 2. The molecule has 0 fully saturated rings. The Bertz CT molecular complexity index is 650. The molecule has 0 aliphatic heterocycles. The summed E-state index contributed by atoms with van der Waals surface area (Å²) < 4.78 is 5.16. The second-order valence-electron chi connectivity index (χ2n) is 4.80. The van der Waals surface area contributed by atoms with Crippen LogP contribution < -0.4 is 21.2 Å². The number of ether oxygens (including phenoxy) is 1. The normalized spacial score (nSPS) is 11.3. The van der Waals surface area contributed by atoms with Gasteiger partial charge in [-0.2, -0.15) is 5.10 Å². The average Bonchev–Trinajstić information content (AvgIpc) is 2.51. The van der Waals surface area contributed by atoms with Gasteiger partial charge < -0.3 is 21.2 Å². The van der Waals surface area contributed by atoms with Crippen LogP contribution in [0.5, 0.6) is 5.75 Å². The Morgan fingerprint density at radius 3 is 2.38 bits per heavy atom. The molecule has 21 heavy (non-hydrogen) atoms. The van der Waals surface area contributed by atoms with Crippen molar-refractivity contribution < 1.29 is 4.74 Å². The van der Waals surface area contributed by atoms with Crippen LogP contribution in [0, 0.1) is 6.92 Å². The summed E-state index contributed by atoms with van der Waals surface area (Å²) in [5, 5.41) is 3.91. The molecule has 2 aromatic rings. The van der Waals surface area contributed by atoms with Gasteiger partial charge in [0.1, 0.15) is 5.75 Å². The van der Waals surface area contributed by atoms with Crippen molar-refractivity contribution in [2.45, 2.75) is 6.92 Å². The fourth-order valence-corrected chi connectivity index (χ4v) is 2.13. The number of nitrogens with zero attached hydrogens (tertiary/aromatic N) is 2. The van der Waals surface area contributed by atoms with Crippen LogP contribution in [0.1, 0.15) is 11.1 Å². The van der Waals surface area contributed by atoms with Gasteiger partial charge in [-0.05, 0) is 43.3 Å². The lowest BCUT2D eigenvalue weighted by molar-refractivity contribution is 0.415. The summed E-state index contributed by atoms with van der Waals surface area (Å²) in [5.41, 5.74) is 9.55. The summed E-state index contributed by atoms with van der Waals surface area (Å²) >= 11 is 0. The number of aryl methyl sites for hydroxylation is 1. The van der Waals surface area contributed by atoms with Gasteiger partial charge in [0.05, 0.1) is 7.11 Å². The highest BCUT2D eigenvalue weighted by Gasteiger charge is 2.14. The van der Waals surface area contributed by atoms with E-state index in [1.807, 2.05) is 61.3 Å². The summed E-state index contributed by atoms with van der Waals surface area (Å²) in [6, 6.07) is 13.4.